The van der Waals surface area contributed by atoms with E-state index < -0.39 is 28.0 Å². The largest absolute Gasteiger partial charge is 0.493 e. The van der Waals surface area contributed by atoms with Crippen LogP contribution in [-0.4, -0.2) is 40.6 Å². The van der Waals surface area contributed by atoms with E-state index in [0.717, 1.165) is 0 Å². The number of methoxy groups -OCH3 is 2. The zero-order chi connectivity index (χ0) is 20.9. The first kappa shape index (κ1) is 21.2. The number of primary sulfonamides is 1. The molecule has 0 spiro atoms. The number of anilines is 1. The van der Waals surface area contributed by atoms with Gasteiger partial charge in [0.15, 0.2) is 17.6 Å². The number of carbonyl (C=O) groups excluding carboxylic acids is 2. The number of nitrogens with one attached hydrogen (secondary N) is 1. The number of amides is 1. The Bertz CT molecular complexity index is 972. The molecular weight excluding hydrogens is 388 g/mol. The molecule has 0 heterocycles. The van der Waals surface area contributed by atoms with E-state index in [4.69, 9.17) is 19.3 Å². The van der Waals surface area contributed by atoms with Crippen LogP contribution in [0.5, 0.6) is 11.5 Å². The first-order valence-electron chi connectivity index (χ1n) is 8.02. The van der Waals surface area contributed by atoms with Gasteiger partial charge in [-0.05, 0) is 49.4 Å². The van der Waals surface area contributed by atoms with E-state index >= 15 is 0 Å². The van der Waals surface area contributed by atoms with E-state index in [2.05, 4.69) is 5.32 Å². The minimum absolute atomic E-state index is 0.0848. The molecule has 28 heavy (non-hydrogen) atoms. The molecule has 10 heteroatoms. The summed E-state index contributed by atoms with van der Waals surface area (Å²) in [5.74, 6) is -0.498. The van der Waals surface area contributed by atoms with Crippen molar-refractivity contribution in [3.63, 3.8) is 0 Å². The van der Waals surface area contributed by atoms with Gasteiger partial charge in [-0.3, -0.25) is 4.79 Å². The molecule has 1 amide bonds. The Morgan fingerprint density at radius 3 is 2.14 bits per heavy atom. The molecule has 0 bridgehead atoms. The SMILES string of the molecule is COc1ccc(C(=O)OC(C)C(=O)Nc2ccc(S(N)(=O)=O)cc2)cc1OC. The molecule has 0 saturated heterocycles. The van der Waals surface area contributed by atoms with E-state index in [9.17, 15) is 18.0 Å². The molecule has 0 aliphatic carbocycles. The highest BCUT2D eigenvalue weighted by atomic mass is 32.2. The number of carbonyl (C=O) groups is 2. The van der Waals surface area contributed by atoms with Gasteiger partial charge in [-0.25, -0.2) is 18.4 Å². The molecule has 1 atom stereocenters. The fraction of sp³-hybridized carbons (Fsp3) is 0.222. The van der Waals surface area contributed by atoms with Crippen molar-refractivity contribution in [1.29, 1.82) is 0 Å². The number of nitrogens with two attached hydrogens (primary N) is 1. The molecule has 0 aliphatic rings. The number of hydrogen-bond donors (Lipinski definition) is 2. The van der Waals surface area contributed by atoms with Gasteiger partial charge in [-0.2, -0.15) is 0 Å². The number of benzene rings is 2. The molecule has 0 radical (unpaired) electrons. The number of ether oxygens (including phenoxy) is 3. The predicted octanol–water partition coefficient (Wildman–Crippen LogP) is 1.54. The molecule has 150 valence electrons. The second-order valence-corrected chi connectivity index (χ2v) is 7.24. The van der Waals surface area contributed by atoms with Crippen LogP contribution in [0.4, 0.5) is 5.69 Å². The van der Waals surface area contributed by atoms with Crippen LogP contribution in [0, 0.1) is 0 Å². The van der Waals surface area contributed by atoms with Crippen molar-refractivity contribution in [2.45, 2.75) is 17.9 Å². The predicted molar refractivity (Wildman–Crippen MR) is 101 cm³/mol. The maximum Gasteiger partial charge on any atom is 0.339 e. The maximum atomic E-state index is 12.3. The summed E-state index contributed by atoms with van der Waals surface area (Å²) < 4.78 is 37.9. The summed E-state index contributed by atoms with van der Waals surface area (Å²) in [5, 5.41) is 7.54. The number of sulfonamides is 1. The summed E-state index contributed by atoms with van der Waals surface area (Å²) in [7, 11) is -0.918. The van der Waals surface area contributed by atoms with E-state index in [-0.39, 0.29) is 10.5 Å². The van der Waals surface area contributed by atoms with Crippen molar-refractivity contribution in [1.82, 2.24) is 0 Å². The molecule has 0 saturated carbocycles. The summed E-state index contributed by atoms with van der Waals surface area (Å²) in [6, 6.07) is 9.74. The molecule has 2 aromatic carbocycles. The van der Waals surface area contributed by atoms with Crippen LogP contribution in [0.3, 0.4) is 0 Å². The second kappa shape index (κ2) is 8.72. The molecule has 9 nitrogen and oxygen atoms in total. The van der Waals surface area contributed by atoms with Crippen molar-refractivity contribution in [3.8, 4) is 11.5 Å². The third kappa shape index (κ3) is 5.21. The molecule has 0 fully saturated rings. The highest BCUT2D eigenvalue weighted by Crippen LogP contribution is 2.28. The summed E-state index contributed by atoms with van der Waals surface area (Å²) in [5.41, 5.74) is 0.515. The van der Waals surface area contributed by atoms with E-state index in [1.54, 1.807) is 6.07 Å². The summed E-state index contributed by atoms with van der Waals surface area (Å²) in [6.45, 7) is 1.41. The number of esters is 1. The van der Waals surface area contributed by atoms with Gasteiger partial charge in [0.25, 0.3) is 5.91 Å². The van der Waals surface area contributed by atoms with Gasteiger partial charge in [0.05, 0.1) is 24.7 Å². The lowest BCUT2D eigenvalue weighted by molar-refractivity contribution is -0.123. The van der Waals surface area contributed by atoms with Gasteiger partial charge < -0.3 is 19.5 Å². The monoisotopic (exact) mass is 408 g/mol. The first-order chi connectivity index (χ1) is 13.2. The average molecular weight is 408 g/mol. The Kier molecular flexibility index (Phi) is 6.60. The van der Waals surface area contributed by atoms with Crippen LogP contribution in [0.1, 0.15) is 17.3 Å². The zero-order valence-electron chi connectivity index (χ0n) is 15.5. The normalized spacial score (nSPS) is 12.0. The van der Waals surface area contributed by atoms with Crippen LogP contribution < -0.4 is 19.9 Å². The molecular formula is C18H20N2O7S. The van der Waals surface area contributed by atoms with Gasteiger partial charge in [0, 0.05) is 5.69 Å². The van der Waals surface area contributed by atoms with Gasteiger partial charge in [-0.1, -0.05) is 0 Å². The Morgan fingerprint density at radius 2 is 1.61 bits per heavy atom. The third-order valence-corrected chi connectivity index (χ3v) is 4.65. The topological polar surface area (TPSA) is 134 Å². The lowest BCUT2D eigenvalue weighted by atomic mass is 10.2. The van der Waals surface area contributed by atoms with Gasteiger partial charge >= 0.3 is 5.97 Å². The van der Waals surface area contributed by atoms with E-state index in [0.29, 0.717) is 17.2 Å². The Balaban J connectivity index is 2.02. The third-order valence-electron chi connectivity index (χ3n) is 3.72. The van der Waals surface area contributed by atoms with Crippen LogP contribution in [0.15, 0.2) is 47.4 Å². The smallest absolute Gasteiger partial charge is 0.339 e. The van der Waals surface area contributed by atoms with Crippen LogP contribution in [0.25, 0.3) is 0 Å². The van der Waals surface area contributed by atoms with Crippen molar-refractivity contribution < 1.29 is 32.2 Å². The molecule has 0 aromatic heterocycles. The van der Waals surface area contributed by atoms with Gasteiger partial charge in [0.1, 0.15) is 0 Å². The minimum Gasteiger partial charge on any atom is -0.493 e. The number of hydrogen-bond acceptors (Lipinski definition) is 7. The molecule has 3 N–H and O–H groups in total. The molecule has 0 aliphatic heterocycles. The van der Waals surface area contributed by atoms with Crippen molar-refractivity contribution in [2.24, 2.45) is 5.14 Å². The number of rotatable bonds is 7. The van der Waals surface area contributed by atoms with Gasteiger partial charge in [-0.15, -0.1) is 0 Å². The average Bonchev–Trinajstić information content (AvgIpc) is 2.66. The molecule has 2 aromatic rings. The zero-order valence-corrected chi connectivity index (χ0v) is 16.3. The van der Waals surface area contributed by atoms with Crippen LogP contribution in [0.2, 0.25) is 0 Å². The van der Waals surface area contributed by atoms with Gasteiger partial charge in [0.2, 0.25) is 10.0 Å². The first-order valence-corrected chi connectivity index (χ1v) is 9.57. The quantitative estimate of drug-likeness (QED) is 0.664. The second-order valence-electron chi connectivity index (χ2n) is 5.68. The fourth-order valence-corrected chi connectivity index (χ4v) is 2.73. The Morgan fingerprint density at radius 1 is 1.00 bits per heavy atom. The van der Waals surface area contributed by atoms with Crippen LogP contribution >= 0.6 is 0 Å². The lowest BCUT2D eigenvalue weighted by Crippen LogP contribution is -2.30. The van der Waals surface area contributed by atoms with Crippen molar-refractivity contribution in [3.05, 3.63) is 48.0 Å². The van der Waals surface area contributed by atoms with E-state index in [1.807, 2.05) is 0 Å². The molecule has 1 unspecified atom stereocenters. The van der Waals surface area contributed by atoms with Crippen molar-refractivity contribution >= 4 is 27.6 Å². The maximum absolute atomic E-state index is 12.3. The summed E-state index contributed by atoms with van der Waals surface area (Å²) in [4.78, 5) is 24.4. The minimum atomic E-state index is -3.82. The molecule has 2 rings (SSSR count). The highest BCUT2D eigenvalue weighted by molar-refractivity contribution is 7.89. The summed E-state index contributed by atoms with van der Waals surface area (Å²) in [6.07, 6.45) is -1.10. The van der Waals surface area contributed by atoms with Crippen molar-refractivity contribution in [2.75, 3.05) is 19.5 Å². The van der Waals surface area contributed by atoms with E-state index in [1.165, 1.54) is 57.5 Å². The Hall–Kier alpha value is -3.11. The summed E-state index contributed by atoms with van der Waals surface area (Å²) >= 11 is 0. The highest BCUT2D eigenvalue weighted by Gasteiger charge is 2.20. The lowest BCUT2D eigenvalue weighted by Gasteiger charge is -2.14. The standard InChI is InChI=1S/C18H20N2O7S/c1-11(17(21)20-13-5-7-14(8-6-13)28(19,23)24)27-18(22)12-4-9-15(25-2)16(10-12)26-3/h4-11H,1-3H3,(H,20,21)(H2,19,23,24). The Labute approximate surface area is 162 Å². The fourth-order valence-electron chi connectivity index (χ4n) is 2.22. The van der Waals surface area contributed by atoms with Crippen LogP contribution in [-0.2, 0) is 19.6 Å².